The second kappa shape index (κ2) is 13.2. The Morgan fingerprint density at radius 1 is 1.10 bits per heavy atom. The van der Waals surface area contributed by atoms with Crippen molar-refractivity contribution in [2.45, 2.75) is 24.2 Å². The standard InChI is InChI=1S/C30H34N4O5/c1-33(30(38)32-24-11-13-25(39-2)14-12-24)18-28(36)29(37)19-34-17-26(27(34)20-35)23-9-7-21(8-10-23)5-6-22-4-3-15-31-16-22/h3-4,7-16,26-29,35-37H,17-20H2,1-2H3,(H,32,38)/t26?,27-,28-,29+/m1/s1. The van der Waals surface area contributed by atoms with Crippen LogP contribution in [0, 0.1) is 11.8 Å². The molecular weight excluding hydrogens is 496 g/mol. The number of likely N-dealkylation sites (N-methyl/N-ethyl adjacent to an activating group) is 1. The number of carbonyl (C=O) groups excluding carboxylic acids is 1. The van der Waals surface area contributed by atoms with Gasteiger partial charge in [0.1, 0.15) is 5.75 Å². The number of ether oxygens (including phenoxy) is 1. The number of methoxy groups -OCH3 is 1. The molecule has 0 radical (unpaired) electrons. The summed E-state index contributed by atoms with van der Waals surface area (Å²) in [6.45, 7) is 0.709. The Kier molecular flexibility index (Phi) is 9.52. The molecule has 4 atom stereocenters. The summed E-state index contributed by atoms with van der Waals surface area (Å²) in [5.41, 5.74) is 3.41. The second-order valence-corrected chi connectivity index (χ2v) is 9.60. The molecule has 0 saturated carbocycles. The minimum absolute atomic E-state index is 0.0498. The zero-order valence-corrected chi connectivity index (χ0v) is 22.1. The summed E-state index contributed by atoms with van der Waals surface area (Å²) in [5.74, 6) is 7.00. The van der Waals surface area contributed by atoms with Crippen molar-refractivity contribution in [2.24, 2.45) is 0 Å². The number of nitrogens with zero attached hydrogens (tertiary/aromatic N) is 3. The highest BCUT2D eigenvalue weighted by Crippen LogP contribution is 2.34. The summed E-state index contributed by atoms with van der Waals surface area (Å²) in [5, 5.41) is 33.9. The molecule has 204 valence electrons. The monoisotopic (exact) mass is 530 g/mol. The molecule has 9 heteroatoms. The van der Waals surface area contributed by atoms with Crippen molar-refractivity contribution in [2.75, 3.05) is 45.7 Å². The summed E-state index contributed by atoms with van der Waals surface area (Å²) in [6, 6.07) is 18.0. The van der Waals surface area contributed by atoms with E-state index in [2.05, 4.69) is 22.1 Å². The van der Waals surface area contributed by atoms with Crippen LogP contribution in [0.15, 0.2) is 73.1 Å². The third-order valence-corrected chi connectivity index (χ3v) is 6.92. The van der Waals surface area contributed by atoms with Crippen LogP contribution in [0.5, 0.6) is 5.75 Å². The van der Waals surface area contributed by atoms with Crippen LogP contribution in [-0.4, -0.2) is 94.8 Å². The number of benzene rings is 2. The number of aliphatic hydroxyl groups is 3. The first-order valence-corrected chi connectivity index (χ1v) is 12.8. The van der Waals surface area contributed by atoms with E-state index in [-0.39, 0.29) is 31.7 Å². The molecule has 1 aliphatic heterocycles. The first kappa shape index (κ1) is 28.1. The van der Waals surface area contributed by atoms with E-state index in [0.717, 1.165) is 16.7 Å². The van der Waals surface area contributed by atoms with Crippen molar-refractivity contribution in [1.29, 1.82) is 0 Å². The van der Waals surface area contributed by atoms with E-state index in [4.69, 9.17) is 4.74 Å². The predicted molar refractivity (Wildman–Crippen MR) is 149 cm³/mol. The molecular formula is C30H34N4O5. The van der Waals surface area contributed by atoms with Crippen LogP contribution in [0.1, 0.15) is 22.6 Å². The number of β-amino-alcohol motifs (C(OH)–C–C–N with tert-alkyl or cyclic N) is 1. The predicted octanol–water partition coefficient (Wildman–Crippen LogP) is 2.14. The first-order chi connectivity index (χ1) is 18.9. The summed E-state index contributed by atoms with van der Waals surface area (Å²) in [6.07, 6.45) is 1.20. The molecule has 9 nitrogen and oxygen atoms in total. The van der Waals surface area contributed by atoms with Gasteiger partial charge >= 0.3 is 6.03 Å². The van der Waals surface area contributed by atoms with Crippen LogP contribution in [0.25, 0.3) is 0 Å². The number of pyridine rings is 1. The lowest BCUT2D eigenvalue weighted by Gasteiger charge is -2.48. The second-order valence-electron chi connectivity index (χ2n) is 9.60. The third-order valence-electron chi connectivity index (χ3n) is 6.92. The zero-order chi connectivity index (χ0) is 27.8. The number of amides is 2. The summed E-state index contributed by atoms with van der Waals surface area (Å²) < 4.78 is 5.11. The van der Waals surface area contributed by atoms with Crippen molar-refractivity contribution in [3.05, 3.63) is 89.7 Å². The van der Waals surface area contributed by atoms with Gasteiger partial charge in [-0.25, -0.2) is 4.79 Å². The Hall–Kier alpha value is -3.94. The molecule has 1 aromatic heterocycles. The van der Waals surface area contributed by atoms with E-state index in [0.29, 0.717) is 18.0 Å². The fourth-order valence-electron chi connectivity index (χ4n) is 4.54. The molecule has 4 rings (SSSR count). The van der Waals surface area contributed by atoms with Crippen LogP contribution >= 0.6 is 0 Å². The van der Waals surface area contributed by atoms with Crippen LogP contribution in [0.2, 0.25) is 0 Å². The Bertz CT molecular complexity index is 1270. The Morgan fingerprint density at radius 3 is 2.46 bits per heavy atom. The lowest BCUT2D eigenvalue weighted by molar-refractivity contribution is -0.0563. The normalized spacial score (nSPS) is 18.2. The molecule has 0 aliphatic carbocycles. The van der Waals surface area contributed by atoms with E-state index >= 15 is 0 Å². The Balaban J connectivity index is 1.26. The van der Waals surface area contributed by atoms with Gasteiger partial charge in [-0.3, -0.25) is 9.88 Å². The van der Waals surface area contributed by atoms with Gasteiger partial charge in [0.25, 0.3) is 0 Å². The maximum absolute atomic E-state index is 12.5. The Morgan fingerprint density at radius 2 is 1.82 bits per heavy atom. The smallest absolute Gasteiger partial charge is 0.321 e. The van der Waals surface area contributed by atoms with Crippen molar-refractivity contribution >= 4 is 11.7 Å². The molecule has 2 aromatic carbocycles. The highest BCUT2D eigenvalue weighted by molar-refractivity contribution is 5.89. The lowest BCUT2D eigenvalue weighted by atomic mass is 9.82. The molecule has 39 heavy (non-hydrogen) atoms. The van der Waals surface area contributed by atoms with E-state index < -0.39 is 18.2 Å². The van der Waals surface area contributed by atoms with Gasteiger partial charge in [0.15, 0.2) is 0 Å². The molecule has 3 aromatic rings. The highest BCUT2D eigenvalue weighted by Gasteiger charge is 2.40. The molecule has 1 fully saturated rings. The molecule has 4 N–H and O–H groups in total. The Labute approximate surface area is 228 Å². The van der Waals surface area contributed by atoms with Gasteiger partial charge in [-0.15, -0.1) is 0 Å². The fraction of sp³-hybridized carbons (Fsp3) is 0.333. The maximum Gasteiger partial charge on any atom is 0.321 e. The number of urea groups is 1. The minimum Gasteiger partial charge on any atom is -0.497 e. The molecule has 1 aliphatic rings. The van der Waals surface area contributed by atoms with Gasteiger partial charge in [0.05, 0.1) is 32.5 Å². The van der Waals surface area contributed by atoms with Gasteiger partial charge in [-0.05, 0) is 54.1 Å². The van der Waals surface area contributed by atoms with Crippen LogP contribution in [0.4, 0.5) is 10.5 Å². The third kappa shape index (κ3) is 7.34. The number of aromatic nitrogens is 1. The average molecular weight is 531 g/mol. The van der Waals surface area contributed by atoms with Crippen LogP contribution in [-0.2, 0) is 0 Å². The molecule has 2 amide bonds. The number of rotatable bonds is 9. The number of likely N-dealkylation sites (tertiary alicyclic amines) is 1. The number of aliphatic hydroxyl groups excluding tert-OH is 3. The minimum atomic E-state index is -1.15. The average Bonchev–Trinajstić information content (AvgIpc) is 2.95. The fourth-order valence-corrected chi connectivity index (χ4v) is 4.54. The van der Waals surface area contributed by atoms with E-state index in [1.807, 2.05) is 41.3 Å². The van der Waals surface area contributed by atoms with E-state index in [1.54, 1.807) is 50.8 Å². The van der Waals surface area contributed by atoms with Gasteiger partial charge in [-0.1, -0.05) is 24.0 Å². The van der Waals surface area contributed by atoms with E-state index in [9.17, 15) is 20.1 Å². The molecule has 0 spiro atoms. The zero-order valence-electron chi connectivity index (χ0n) is 22.1. The number of carbonyl (C=O) groups is 1. The number of nitrogens with one attached hydrogen (secondary N) is 1. The number of anilines is 1. The summed E-state index contributed by atoms with van der Waals surface area (Å²) in [7, 11) is 3.12. The molecule has 1 saturated heterocycles. The van der Waals surface area contributed by atoms with Gasteiger partial charge in [-0.2, -0.15) is 0 Å². The van der Waals surface area contributed by atoms with Crippen LogP contribution < -0.4 is 10.1 Å². The number of hydrogen-bond acceptors (Lipinski definition) is 7. The van der Waals surface area contributed by atoms with E-state index in [1.165, 1.54) is 4.90 Å². The summed E-state index contributed by atoms with van der Waals surface area (Å²) >= 11 is 0. The van der Waals surface area contributed by atoms with Crippen LogP contribution in [0.3, 0.4) is 0 Å². The first-order valence-electron chi connectivity index (χ1n) is 12.8. The van der Waals surface area contributed by atoms with Crippen molar-refractivity contribution < 1.29 is 24.9 Å². The lowest BCUT2D eigenvalue weighted by Crippen LogP contribution is -2.60. The summed E-state index contributed by atoms with van der Waals surface area (Å²) in [4.78, 5) is 19.8. The largest absolute Gasteiger partial charge is 0.497 e. The van der Waals surface area contributed by atoms with Crippen molar-refractivity contribution in [1.82, 2.24) is 14.8 Å². The topological polar surface area (TPSA) is 118 Å². The molecule has 0 bridgehead atoms. The molecule has 2 heterocycles. The van der Waals surface area contributed by atoms with Gasteiger partial charge < -0.3 is 30.3 Å². The van der Waals surface area contributed by atoms with Crippen molar-refractivity contribution in [3.8, 4) is 17.6 Å². The molecule has 1 unspecified atom stereocenters. The highest BCUT2D eigenvalue weighted by atomic mass is 16.5. The quantitative estimate of drug-likeness (QED) is 0.313. The van der Waals surface area contributed by atoms with Crippen molar-refractivity contribution in [3.63, 3.8) is 0 Å². The van der Waals surface area contributed by atoms with Gasteiger partial charge in [0.2, 0.25) is 0 Å². The van der Waals surface area contributed by atoms with Gasteiger partial charge in [0, 0.05) is 61.3 Å². The maximum atomic E-state index is 12.5. The SMILES string of the molecule is COc1ccc(NC(=O)N(C)C[C@@H](O)[C@@H](O)CN2CC(c3ccc(C#Cc4cccnc4)cc3)[C@H]2CO)cc1. The number of hydrogen-bond donors (Lipinski definition) is 4.